The zero-order valence-electron chi connectivity index (χ0n) is 18.3. The standard InChI is InChI=1S/C27H29N3.CH4/c1-6-24(22-9-10-25-18(3)28-12-7-8-21(25)14-22)26-15-23(16-30-19(26)4)27-17(2)11-13-29-20(27)5;/h6,9-11,13-16,28H,3,7-8,12H2,1-2,4-5H3;1H4/b24-6-;. The lowest BCUT2D eigenvalue weighted by Crippen LogP contribution is -2.10. The molecule has 160 valence electrons. The van der Waals surface area contributed by atoms with E-state index in [1.165, 1.54) is 39.0 Å². The fourth-order valence-corrected chi connectivity index (χ4v) is 4.43. The number of aryl methyl sites for hydroxylation is 4. The van der Waals surface area contributed by atoms with Gasteiger partial charge in [-0.05, 0) is 74.9 Å². The van der Waals surface area contributed by atoms with Gasteiger partial charge in [0.1, 0.15) is 0 Å². The van der Waals surface area contributed by atoms with Crippen LogP contribution in [0.4, 0.5) is 0 Å². The van der Waals surface area contributed by atoms with Crippen LogP contribution in [0, 0.1) is 20.8 Å². The molecule has 3 heteroatoms. The summed E-state index contributed by atoms with van der Waals surface area (Å²) in [4.78, 5) is 9.25. The molecule has 3 heterocycles. The van der Waals surface area contributed by atoms with E-state index < -0.39 is 0 Å². The molecule has 3 aromatic rings. The minimum Gasteiger partial charge on any atom is -0.385 e. The molecule has 0 radical (unpaired) electrons. The van der Waals surface area contributed by atoms with Crippen LogP contribution in [0.5, 0.6) is 0 Å². The number of nitrogens with one attached hydrogen (secondary N) is 1. The van der Waals surface area contributed by atoms with Gasteiger partial charge in [-0.25, -0.2) is 0 Å². The summed E-state index contributed by atoms with van der Waals surface area (Å²) < 4.78 is 0. The number of rotatable bonds is 3. The van der Waals surface area contributed by atoms with Gasteiger partial charge in [0.2, 0.25) is 0 Å². The molecule has 0 saturated heterocycles. The van der Waals surface area contributed by atoms with Gasteiger partial charge in [-0.3, -0.25) is 9.97 Å². The minimum atomic E-state index is 0. The third-order valence-electron chi connectivity index (χ3n) is 6.01. The van der Waals surface area contributed by atoms with Gasteiger partial charge < -0.3 is 5.32 Å². The third-order valence-corrected chi connectivity index (χ3v) is 6.01. The highest BCUT2D eigenvalue weighted by Crippen LogP contribution is 2.33. The Labute approximate surface area is 187 Å². The molecule has 2 aromatic heterocycles. The van der Waals surface area contributed by atoms with Gasteiger partial charge in [-0.15, -0.1) is 0 Å². The number of benzene rings is 1. The molecule has 1 aliphatic heterocycles. The summed E-state index contributed by atoms with van der Waals surface area (Å²) in [5, 5.41) is 3.42. The second-order valence-corrected chi connectivity index (χ2v) is 8.03. The van der Waals surface area contributed by atoms with Crippen molar-refractivity contribution in [1.29, 1.82) is 0 Å². The molecular weight excluding hydrogens is 378 g/mol. The quantitative estimate of drug-likeness (QED) is 0.523. The van der Waals surface area contributed by atoms with Gasteiger partial charge in [0, 0.05) is 58.3 Å². The molecule has 0 atom stereocenters. The lowest BCUT2D eigenvalue weighted by Gasteiger charge is -2.16. The van der Waals surface area contributed by atoms with Crippen LogP contribution in [0.25, 0.3) is 22.4 Å². The highest BCUT2D eigenvalue weighted by molar-refractivity contribution is 5.84. The summed E-state index contributed by atoms with van der Waals surface area (Å²) >= 11 is 0. The second-order valence-electron chi connectivity index (χ2n) is 8.03. The first kappa shape index (κ1) is 22.5. The van der Waals surface area contributed by atoms with E-state index in [-0.39, 0.29) is 7.43 Å². The molecule has 31 heavy (non-hydrogen) atoms. The summed E-state index contributed by atoms with van der Waals surface area (Å²) in [7, 11) is 0. The SMILES string of the molecule is C.C=C1NCCCc2cc(/C(=C/C)c3cc(-c4c(C)ccnc4C)cnc3C)ccc21. The lowest BCUT2D eigenvalue weighted by atomic mass is 9.90. The molecule has 4 rings (SSSR count). The van der Waals surface area contributed by atoms with Crippen molar-refractivity contribution in [3.8, 4) is 11.1 Å². The Morgan fingerprint density at radius 2 is 1.87 bits per heavy atom. The molecule has 0 fully saturated rings. The van der Waals surface area contributed by atoms with Crippen molar-refractivity contribution >= 4 is 11.3 Å². The average Bonchev–Trinajstić information content (AvgIpc) is 2.91. The van der Waals surface area contributed by atoms with Crippen LogP contribution in [-0.4, -0.2) is 16.5 Å². The van der Waals surface area contributed by atoms with Crippen LogP contribution >= 0.6 is 0 Å². The third kappa shape index (κ3) is 4.32. The predicted molar refractivity (Wildman–Crippen MR) is 133 cm³/mol. The van der Waals surface area contributed by atoms with E-state index in [1.807, 2.05) is 12.4 Å². The van der Waals surface area contributed by atoms with Gasteiger partial charge in [0.25, 0.3) is 0 Å². The Morgan fingerprint density at radius 3 is 2.61 bits per heavy atom. The van der Waals surface area contributed by atoms with Crippen molar-refractivity contribution in [3.05, 3.63) is 94.6 Å². The van der Waals surface area contributed by atoms with Crippen molar-refractivity contribution in [3.63, 3.8) is 0 Å². The Hall–Kier alpha value is -3.20. The van der Waals surface area contributed by atoms with Crippen LogP contribution < -0.4 is 5.32 Å². The molecule has 0 amide bonds. The topological polar surface area (TPSA) is 37.8 Å². The average molecular weight is 412 g/mol. The van der Waals surface area contributed by atoms with Crippen molar-refractivity contribution in [2.75, 3.05) is 6.54 Å². The number of fused-ring (bicyclic) bond motifs is 1. The Balaban J connectivity index is 0.00000272. The fourth-order valence-electron chi connectivity index (χ4n) is 4.43. The molecule has 0 saturated carbocycles. The molecule has 1 aromatic carbocycles. The summed E-state index contributed by atoms with van der Waals surface area (Å²) in [6.45, 7) is 13.6. The summed E-state index contributed by atoms with van der Waals surface area (Å²) in [5.74, 6) is 0. The number of hydrogen-bond donors (Lipinski definition) is 1. The molecule has 0 spiro atoms. The molecular formula is C28H33N3. The maximum Gasteiger partial charge on any atom is 0.0454 e. The smallest absolute Gasteiger partial charge is 0.0454 e. The summed E-state index contributed by atoms with van der Waals surface area (Å²) in [5.41, 5.74) is 12.8. The van der Waals surface area contributed by atoms with Gasteiger partial charge in [-0.1, -0.05) is 38.3 Å². The maximum absolute atomic E-state index is 4.75. The van der Waals surface area contributed by atoms with Gasteiger partial charge in [0.05, 0.1) is 0 Å². The zero-order valence-corrected chi connectivity index (χ0v) is 18.3. The number of nitrogens with zero attached hydrogens (tertiary/aromatic N) is 2. The van der Waals surface area contributed by atoms with E-state index in [1.54, 1.807) is 0 Å². The van der Waals surface area contributed by atoms with Crippen LogP contribution in [0.2, 0.25) is 0 Å². The highest BCUT2D eigenvalue weighted by Gasteiger charge is 2.16. The zero-order chi connectivity index (χ0) is 21.3. The van der Waals surface area contributed by atoms with Crippen LogP contribution in [0.15, 0.2) is 55.4 Å². The predicted octanol–water partition coefficient (Wildman–Crippen LogP) is 6.66. The van der Waals surface area contributed by atoms with E-state index >= 15 is 0 Å². The molecule has 0 unspecified atom stereocenters. The largest absolute Gasteiger partial charge is 0.385 e. The van der Waals surface area contributed by atoms with Crippen LogP contribution in [0.1, 0.15) is 60.0 Å². The Morgan fingerprint density at radius 1 is 1.06 bits per heavy atom. The van der Waals surface area contributed by atoms with E-state index in [0.717, 1.165) is 42.0 Å². The minimum absolute atomic E-state index is 0. The fraction of sp³-hybridized carbons (Fsp3) is 0.286. The van der Waals surface area contributed by atoms with Crippen molar-refractivity contribution in [1.82, 2.24) is 15.3 Å². The number of aromatic nitrogens is 2. The molecule has 0 aliphatic carbocycles. The van der Waals surface area contributed by atoms with E-state index in [4.69, 9.17) is 4.98 Å². The van der Waals surface area contributed by atoms with E-state index in [2.05, 4.69) is 81.0 Å². The van der Waals surface area contributed by atoms with Crippen molar-refractivity contribution in [2.24, 2.45) is 0 Å². The normalized spacial score (nSPS) is 13.7. The van der Waals surface area contributed by atoms with Crippen molar-refractivity contribution in [2.45, 2.75) is 48.0 Å². The summed E-state index contributed by atoms with van der Waals surface area (Å²) in [6.07, 6.45) is 8.22. The lowest BCUT2D eigenvalue weighted by molar-refractivity contribution is 0.783. The molecule has 1 N–H and O–H groups in total. The van der Waals surface area contributed by atoms with Crippen LogP contribution in [-0.2, 0) is 6.42 Å². The molecule has 0 bridgehead atoms. The first-order valence-corrected chi connectivity index (χ1v) is 10.6. The van der Waals surface area contributed by atoms with E-state index in [9.17, 15) is 0 Å². The number of pyridine rings is 2. The first-order chi connectivity index (χ1) is 14.5. The Bertz CT molecular complexity index is 1130. The molecule has 3 nitrogen and oxygen atoms in total. The molecule has 1 aliphatic rings. The summed E-state index contributed by atoms with van der Waals surface area (Å²) in [6, 6.07) is 11.1. The Kier molecular flexibility index (Phi) is 6.74. The number of hydrogen-bond acceptors (Lipinski definition) is 3. The van der Waals surface area contributed by atoms with E-state index in [0.29, 0.717) is 0 Å². The van der Waals surface area contributed by atoms with Crippen molar-refractivity contribution < 1.29 is 0 Å². The van der Waals surface area contributed by atoms with Gasteiger partial charge in [-0.2, -0.15) is 0 Å². The number of allylic oxidation sites excluding steroid dienone is 1. The maximum atomic E-state index is 4.75. The monoisotopic (exact) mass is 411 g/mol. The van der Waals surface area contributed by atoms with Gasteiger partial charge in [0.15, 0.2) is 0 Å². The second kappa shape index (κ2) is 9.30. The van der Waals surface area contributed by atoms with Crippen LogP contribution in [0.3, 0.4) is 0 Å². The first-order valence-electron chi connectivity index (χ1n) is 10.6. The van der Waals surface area contributed by atoms with Gasteiger partial charge >= 0.3 is 0 Å². The highest BCUT2D eigenvalue weighted by atomic mass is 14.9.